The summed E-state index contributed by atoms with van der Waals surface area (Å²) in [6, 6.07) is 0.313. The van der Waals surface area contributed by atoms with Crippen LogP contribution in [0.25, 0.3) is 0 Å². The van der Waals surface area contributed by atoms with Crippen LogP contribution in [0, 0.1) is 12.8 Å². The molecule has 0 radical (unpaired) electrons. The molecule has 20 heavy (non-hydrogen) atoms. The molecule has 0 amide bonds. The van der Waals surface area contributed by atoms with E-state index >= 15 is 0 Å². The molecule has 0 saturated heterocycles. The van der Waals surface area contributed by atoms with E-state index in [2.05, 4.69) is 24.3 Å². The number of hydrogen-bond donors (Lipinski definition) is 1. The molecule has 1 aromatic heterocycles. The molecule has 0 bridgehead atoms. The normalized spacial score (nSPS) is 18.2. The second-order valence-electron chi connectivity index (χ2n) is 5.60. The van der Waals surface area contributed by atoms with E-state index in [9.17, 15) is 0 Å². The molecule has 1 aliphatic rings. The number of nitrogens with one attached hydrogen (secondary N) is 1. The van der Waals surface area contributed by atoms with E-state index in [1.807, 2.05) is 14.0 Å². The first-order chi connectivity index (χ1) is 9.58. The van der Waals surface area contributed by atoms with Crippen molar-refractivity contribution in [3.05, 3.63) is 16.4 Å². The molecule has 0 aliphatic heterocycles. The van der Waals surface area contributed by atoms with Crippen LogP contribution in [0.2, 0.25) is 5.15 Å². The van der Waals surface area contributed by atoms with Crippen LogP contribution < -0.4 is 5.32 Å². The second-order valence-corrected chi connectivity index (χ2v) is 5.96. The van der Waals surface area contributed by atoms with E-state index in [1.165, 1.54) is 12.8 Å². The van der Waals surface area contributed by atoms with E-state index in [-0.39, 0.29) is 6.10 Å². The smallest absolute Gasteiger partial charge is 0.130 e. The van der Waals surface area contributed by atoms with E-state index in [4.69, 9.17) is 16.3 Å². The third-order valence-corrected chi connectivity index (χ3v) is 4.48. The molecule has 1 aliphatic carbocycles. The van der Waals surface area contributed by atoms with Gasteiger partial charge in [-0.05, 0) is 45.6 Å². The number of ether oxygens (including phenoxy) is 1. The van der Waals surface area contributed by atoms with Gasteiger partial charge in [-0.1, -0.05) is 18.5 Å². The van der Waals surface area contributed by atoms with E-state index in [0.29, 0.717) is 12.0 Å². The van der Waals surface area contributed by atoms with E-state index in [0.717, 1.165) is 36.0 Å². The minimum atomic E-state index is 0.288. The molecule has 0 spiro atoms. The largest absolute Gasteiger partial charge is 0.377 e. The topological polar surface area (TPSA) is 39.1 Å². The lowest BCUT2D eigenvalue weighted by Gasteiger charge is -2.28. The summed E-state index contributed by atoms with van der Waals surface area (Å²) in [5.41, 5.74) is 2.16. The minimum Gasteiger partial charge on any atom is -0.377 e. The summed E-state index contributed by atoms with van der Waals surface area (Å²) in [4.78, 5) is 0. The fourth-order valence-corrected chi connectivity index (χ4v) is 3.14. The van der Waals surface area contributed by atoms with Crippen molar-refractivity contribution in [3.63, 3.8) is 0 Å². The molecular weight excluding hydrogens is 274 g/mol. The second kappa shape index (κ2) is 6.92. The first-order valence-electron chi connectivity index (χ1n) is 7.61. The van der Waals surface area contributed by atoms with Crippen LogP contribution in [0.4, 0.5) is 0 Å². The van der Waals surface area contributed by atoms with Gasteiger partial charge in [0.1, 0.15) is 5.15 Å². The first kappa shape index (κ1) is 15.8. The lowest BCUT2D eigenvalue weighted by Crippen LogP contribution is -2.44. The van der Waals surface area contributed by atoms with E-state index in [1.54, 1.807) is 4.68 Å². The number of likely N-dealkylation sites (N-methyl/N-ethyl adjacent to an activating group) is 1. The fraction of sp³-hybridized carbons (Fsp3) is 0.800. The monoisotopic (exact) mass is 299 g/mol. The zero-order valence-electron chi connectivity index (χ0n) is 12.9. The standard InChI is InChI=1S/C15H26ClN3O/c1-5-17-13(14(20-6-2)11-7-8-11)9-12-10(3)18-19(4)15(12)16/h11,13-14,17H,5-9H2,1-4H3. The maximum absolute atomic E-state index is 6.37. The third kappa shape index (κ3) is 3.54. The average molecular weight is 300 g/mol. The van der Waals surface area contributed by atoms with Crippen LogP contribution >= 0.6 is 11.6 Å². The molecule has 114 valence electrons. The molecule has 2 atom stereocenters. The maximum Gasteiger partial charge on any atom is 0.130 e. The van der Waals surface area contributed by atoms with Crippen LogP contribution in [-0.2, 0) is 18.2 Å². The zero-order valence-corrected chi connectivity index (χ0v) is 13.7. The Kier molecular flexibility index (Phi) is 5.47. The van der Waals surface area contributed by atoms with Gasteiger partial charge in [0, 0.05) is 25.3 Å². The van der Waals surface area contributed by atoms with Crippen molar-refractivity contribution in [1.29, 1.82) is 0 Å². The third-order valence-electron chi connectivity index (χ3n) is 4.00. The first-order valence-corrected chi connectivity index (χ1v) is 7.99. The Labute approximate surface area is 126 Å². The van der Waals surface area contributed by atoms with Gasteiger partial charge in [-0.15, -0.1) is 0 Å². The summed E-state index contributed by atoms with van der Waals surface area (Å²) < 4.78 is 7.76. The number of aryl methyl sites for hydroxylation is 2. The quantitative estimate of drug-likeness (QED) is 0.802. The highest BCUT2D eigenvalue weighted by Gasteiger charge is 2.37. The van der Waals surface area contributed by atoms with Crippen LogP contribution in [0.5, 0.6) is 0 Å². The molecular formula is C15H26ClN3O. The lowest BCUT2D eigenvalue weighted by atomic mass is 9.98. The number of hydrogen-bond acceptors (Lipinski definition) is 3. The zero-order chi connectivity index (χ0) is 14.7. The highest BCUT2D eigenvalue weighted by atomic mass is 35.5. The number of halogens is 1. The van der Waals surface area contributed by atoms with Crippen molar-refractivity contribution < 1.29 is 4.74 Å². The van der Waals surface area contributed by atoms with Gasteiger partial charge >= 0.3 is 0 Å². The van der Waals surface area contributed by atoms with Crippen molar-refractivity contribution in [3.8, 4) is 0 Å². The van der Waals surface area contributed by atoms with Gasteiger partial charge < -0.3 is 10.1 Å². The number of aromatic nitrogens is 2. The summed E-state index contributed by atoms with van der Waals surface area (Å²) in [5, 5.41) is 8.73. The van der Waals surface area contributed by atoms with Crippen molar-refractivity contribution >= 4 is 11.6 Å². The van der Waals surface area contributed by atoms with Crippen molar-refractivity contribution in [2.45, 2.75) is 52.2 Å². The summed E-state index contributed by atoms with van der Waals surface area (Å²) in [7, 11) is 1.89. The Bertz CT molecular complexity index is 443. The maximum atomic E-state index is 6.37. The van der Waals surface area contributed by atoms with Gasteiger partial charge in [0.15, 0.2) is 0 Å². The van der Waals surface area contributed by atoms with Crippen LogP contribution in [0.1, 0.15) is 37.9 Å². The van der Waals surface area contributed by atoms with Crippen molar-refractivity contribution in [2.24, 2.45) is 13.0 Å². The van der Waals surface area contributed by atoms with Crippen molar-refractivity contribution in [2.75, 3.05) is 13.2 Å². The summed E-state index contributed by atoms with van der Waals surface area (Å²) in [6.07, 6.45) is 3.74. The Morgan fingerprint density at radius 3 is 2.60 bits per heavy atom. The van der Waals surface area contributed by atoms with Gasteiger partial charge in [0.05, 0.1) is 11.8 Å². The summed E-state index contributed by atoms with van der Waals surface area (Å²) in [6.45, 7) is 7.94. The summed E-state index contributed by atoms with van der Waals surface area (Å²) in [5.74, 6) is 0.703. The molecule has 1 fully saturated rings. The Morgan fingerprint density at radius 1 is 1.45 bits per heavy atom. The average Bonchev–Trinajstić information content (AvgIpc) is 3.20. The highest BCUT2D eigenvalue weighted by Crippen LogP contribution is 2.37. The van der Waals surface area contributed by atoms with Gasteiger partial charge in [-0.2, -0.15) is 5.10 Å². The van der Waals surface area contributed by atoms with Crippen LogP contribution in [0.15, 0.2) is 0 Å². The molecule has 2 unspecified atom stereocenters. The molecule has 1 heterocycles. The van der Waals surface area contributed by atoms with Crippen molar-refractivity contribution in [1.82, 2.24) is 15.1 Å². The number of rotatable bonds is 8. The fourth-order valence-electron chi connectivity index (χ4n) is 2.89. The van der Waals surface area contributed by atoms with E-state index < -0.39 is 0 Å². The molecule has 1 saturated carbocycles. The van der Waals surface area contributed by atoms with Gasteiger partial charge in [0.2, 0.25) is 0 Å². The molecule has 0 aromatic carbocycles. The van der Waals surface area contributed by atoms with Gasteiger partial charge in [-0.25, -0.2) is 0 Å². The Morgan fingerprint density at radius 2 is 2.15 bits per heavy atom. The number of nitrogens with zero attached hydrogens (tertiary/aromatic N) is 2. The van der Waals surface area contributed by atoms with Crippen LogP contribution in [0.3, 0.4) is 0 Å². The molecule has 5 heteroatoms. The Balaban J connectivity index is 2.15. The predicted molar refractivity (Wildman–Crippen MR) is 82.3 cm³/mol. The Hall–Kier alpha value is -0.580. The predicted octanol–water partition coefficient (Wildman–Crippen LogP) is 2.72. The SMILES string of the molecule is CCNC(Cc1c(C)nn(C)c1Cl)C(OCC)C1CC1. The van der Waals surface area contributed by atoms with Gasteiger partial charge in [-0.3, -0.25) is 4.68 Å². The van der Waals surface area contributed by atoms with Gasteiger partial charge in [0.25, 0.3) is 0 Å². The molecule has 2 rings (SSSR count). The molecule has 4 nitrogen and oxygen atoms in total. The molecule has 1 aromatic rings. The minimum absolute atomic E-state index is 0.288. The lowest BCUT2D eigenvalue weighted by molar-refractivity contribution is 0.0196. The molecule has 1 N–H and O–H groups in total. The summed E-state index contributed by atoms with van der Waals surface area (Å²) >= 11 is 6.37. The van der Waals surface area contributed by atoms with Crippen LogP contribution in [-0.4, -0.2) is 35.1 Å². The highest BCUT2D eigenvalue weighted by molar-refractivity contribution is 6.30.